The number of rotatable bonds is 6. The molecule has 0 atom stereocenters. The maximum absolute atomic E-state index is 13.4. The monoisotopic (exact) mass is 427 g/mol. The van der Waals surface area contributed by atoms with Gasteiger partial charge in [0.2, 0.25) is 5.75 Å². The van der Waals surface area contributed by atoms with Crippen molar-refractivity contribution in [2.75, 3.05) is 33.3 Å². The number of nitrogens with zero attached hydrogens (tertiary/aromatic N) is 1. The summed E-state index contributed by atoms with van der Waals surface area (Å²) in [6.07, 6.45) is 1.55. The van der Waals surface area contributed by atoms with E-state index in [-0.39, 0.29) is 11.1 Å². The van der Waals surface area contributed by atoms with Gasteiger partial charge in [0.05, 0.1) is 39.6 Å². The Hall–Kier alpha value is -3.81. The van der Waals surface area contributed by atoms with Gasteiger partial charge >= 0.3 is 5.97 Å². The van der Waals surface area contributed by atoms with Crippen molar-refractivity contribution in [1.82, 2.24) is 0 Å². The van der Waals surface area contributed by atoms with Crippen molar-refractivity contribution < 1.29 is 32.9 Å². The zero-order chi connectivity index (χ0) is 22.7. The van der Waals surface area contributed by atoms with Crippen LogP contribution in [0.2, 0.25) is 0 Å². The van der Waals surface area contributed by atoms with Crippen molar-refractivity contribution in [3.05, 3.63) is 64.6 Å². The molecule has 2 aromatic carbocycles. The third-order valence-corrected chi connectivity index (χ3v) is 4.87. The summed E-state index contributed by atoms with van der Waals surface area (Å²) in [7, 11) is 5.69. The van der Waals surface area contributed by atoms with Crippen LogP contribution in [0.15, 0.2) is 53.2 Å². The number of esters is 1. The summed E-state index contributed by atoms with van der Waals surface area (Å²) >= 11 is 0. The van der Waals surface area contributed by atoms with Crippen LogP contribution in [0.1, 0.15) is 12.5 Å². The molecule has 0 saturated carbocycles. The SMILES string of the molecule is COC(=O)C1=C(C)N(c2ccc(F)cc2)C(=O)/C1=C\c1cc(OC)c(OC)c(OC)c1. The number of amides is 1. The van der Waals surface area contributed by atoms with Gasteiger partial charge in [0, 0.05) is 11.4 Å². The number of carbonyl (C=O) groups is 2. The summed E-state index contributed by atoms with van der Waals surface area (Å²) in [5, 5.41) is 0. The molecule has 0 radical (unpaired) electrons. The molecule has 3 rings (SSSR count). The van der Waals surface area contributed by atoms with Crippen LogP contribution in [-0.4, -0.2) is 40.3 Å². The van der Waals surface area contributed by atoms with Crippen LogP contribution >= 0.6 is 0 Å². The van der Waals surface area contributed by atoms with Gasteiger partial charge in [-0.15, -0.1) is 0 Å². The fraction of sp³-hybridized carbons (Fsp3) is 0.217. The van der Waals surface area contributed by atoms with E-state index in [9.17, 15) is 14.0 Å². The Labute approximate surface area is 179 Å². The number of halogens is 1. The van der Waals surface area contributed by atoms with Gasteiger partial charge < -0.3 is 18.9 Å². The van der Waals surface area contributed by atoms with Gasteiger partial charge in [-0.05, 0) is 55.0 Å². The molecule has 1 heterocycles. The fourth-order valence-electron chi connectivity index (χ4n) is 3.43. The summed E-state index contributed by atoms with van der Waals surface area (Å²) in [6, 6.07) is 8.74. The van der Waals surface area contributed by atoms with E-state index in [1.165, 1.54) is 57.6 Å². The van der Waals surface area contributed by atoms with Crippen LogP contribution in [0.5, 0.6) is 17.2 Å². The average molecular weight is 427 g/mol. The van der Waals surface area contributed by atoms with Crippen LogP contribution in [0, 0.1) is 5.82 Å². The molecule has 0 N–H and O–H groups in total. The molecule has 1 amide bonds. The predicted molar refractivity (Wildman–Crippen MR) is 113 cm³/mol. The van der Waals surface area contributed by atoms with E-state index in [4.69, 9.17) is 18.9 Å². The normalized spacial score (nSPS) is 14.8. The van der Waals surface area contributed by atoms with Crippen LogP contribution in [-0.2, 0) is 14.3 Å². The van der Waals surface area contributed by atoms with Gasteiger partial charge in [0.1, 0.15) is 5.82 Å². The molecule has 162 valence electrons. The summed E-state index contributed by atoms with van der Waals surface area (Å²) in [4.78, 5) is 27.2. The first kappa shape index (κ1) is 21.9. The van der Waals surface area contributed by atoms with Crippen LogP contribution < -0.4 is 19.1 Å². The highest BCUT2D eigenvalue weighted by atomic mass is 19.1. The lowest BCUT2D eigenvalue weighted by atomic mass is 10.0. The Balaban J connectivity index is 2.17. The summed E-state index contributed by atoms with van der Waals surface area (Å²) in [6.45, 7) is 1.63. The Morgan fingerprint density at radius 2 is 1.55 bits per heavy atom. The largest absolute Gasteiger partial charge is 0.493 e. The number of ether oxygens (including phenoxy) is 4. The Kier molecular flexibility index (Phi) is 6.29. The number of methoxy groups -OCH3 is 4. The topological polar surface area (TPSA) is 74.3 Å². The molecular weight excluding hydrogens is 405 g/mol. The molecule has 7 nitrogen and oxygen atoms in total. The van der Waals surface area contributed by atoms with Gasteiger partial charge in [-0.25, -0.2) is 9.18 Å². The summed E-state index contributed by atoms with van der Waals surface area (Å²) in [5.41, 5.74) is 1.60. The second-order valence-electron chi connectivity index (χ2n) is 6.59. The third kappa shape index (κ3) is 3.96. The summed E-state index contributed by atoms with van der Waals surface area (Å²) < 4.78 is 34.3. The molecule has 0 aliphatic carbocycles. The van der Waals surface area contributed by atoms with E-state index in [0.29, 0.717) is 34.2 Å². The van der Waals surface area contributed by atoms with E-state index in [2.05, 4.69) is 0 Å². The van der Waals surface area contributed by atoms with Gasteiger partial charge in [-0.2, -0.15) is 0 Å². The zero-order valence-corrected chi connectivity index (χ0v) is 17.8. The van der Waals surface area contributed by atoms with Crippen LogP contribution in [0.25, 0.3) is 6.08 Å². The Morgan fingerprint density at radius 1 is 0.968 bits per heavy atom. The van der Waals surface area contributed by atoms with E-state index in [1.807, 2.05) is 0 Å². The molecule has 1 aliphatic heterocycles. The van der Waals surface area contributed by atoms with E-state index >= 15 is 0 Å². The highest BCUT2D eigenvalue weighted by Gasteiger charge is 2.38. The molecule has 31 heavy (non-hydrogen) atoms. The minimum absolute atomic E-state index is 0.116. The minimum Gasteiger partial charge on any atom is -0.493 e. The lowest BCUT2D eigenvalue weighted by Crippen LogP contribution is -2.24. The molecule has 0 unspecified atom stereocenters. The van der Waals surface area contributed by atoms with Crippen molar-refractivity contribution in [3.63, 3.8) is 0 Å². The van der Waals surface area contributed by atoms with Crippen LogP contribution in [0.4, 0.5) is 10.1 Å². The van der Waals surface area contributed by atoms with Gasteiger partial charge in [0.25, 0.3) is 5.91 Å². The predicted octanol–water partition coefficient (Wildman–Crippen LogP) is 3.73. The smallest absolute Gasteiger partial charge is 0.340 e. The molecule has 0 bridgehead atoms. The number of benzene rings is 2. The fourth-order valence-corrected chi connectivity index (χ4v) is 3.43. The lowest BCUT2D eigenvalue weighted by molar-refractivity contribution is -0.136. The Bertz CT molecular complexity index is 1060. The molecule has 2 aromatic rings. The number of hydrogen-bond donors (Lipinski definition) is 0. The number of anilines is 1. The van der Waals surface area contributed by atoms with E-state index in [0.717, 1.165) is 0 Å². The molecule has 0 spiro atoms. The van der Waals surface area contributed by atoms with Crippen molar-refractivity contribution in [2.24, 2.45) is 0 Å². The zero-order valence-electron chi connectivity index (χ0n) is 17.8. The number of carbonyl (C=O) groups excluding carboxylic acids is 2. The number of allylic oxidation sites excluding steroid dienone is 1. The minimum atomic E-state index is -0.658. The quantitative estimate of drug-likeness (QED) is 0.517. The highest BCUT2D eigenvalue weighted by molar-refractivity contribution is 6.23. The van der Waals surface area contributed by atoms with E-state index < -0.39 is 17.7 Å². The van der Waals surface area contributed by atoms with Crippen molar-refractivity contribution >= 4 is 23.6 Å². The number of hydrogen-bond acceptors (Lipinski definition) is 6. The molecular formula is C23H22FNO6. The average Bonchev–Trinajstić information content (AvgIpc) is 3.02. The van der Waals surface area contributed by atoms with E-state index in [1.54, 1.807) is 25.1 Å². The maximum atomic E-state index is 13.4. The van der Waals surface area contributed by atoms with Crippen molar-refractivity contribution in [1.29, 1.82) is 0 Å². The highest BCUT2D eigenvalue weighted by Crippen LogP contribution is 2.40. The molecule has 0 saturated heterocycles. The van der Waals surface area contributed by atoms with Crippen molar-refractivity contribution in [2.45, 2.75) is 6.92 Å². The maximum Gasteiger partial charge on any atom is 0.340 e. The van der Waals surface area contributed by atoms with Crippen molar-refractivity contribution in [3.8, 4) is 17.2 Å². The second kappa shape index (κ2) is 8.91. The molecule has 1 aliphatic rings. The lowest BCUT2D eigenvalue weighted by Gasteiger charge is -2.17. The van der Waals surface area contributed by atoms with Crippen LogP contribution in [0.3, 0.4) is 0 Å². The molecule has 0 aromatic heterocycles. The Morgan fingerprint density at radius 3 is 2.03 bits per heavy atom. The summed E-state index contributed by atoms with van der Waals surface area (Å²) in [5.74, 6) is -0.340. The first-order valence-corrected chi connectivity index (χ1v) is 9.27. The van der Waals surface area contributed by atoms with Gasteiger partial charge in [-0.1, -0.05) is 0 Å². The second-order valence-corrected chi connectivity index (χ2v) is 6.59. The van der Waals surface area contributed by atoms with Gasteiger partial charge in [-0.3, -0.25) is 9.69 Å². The van der Waals surface area contributed by atoms with Gasteiger partial charge in [0.15, 0.2) is 11.5 Å². The molecule has 0 fully saturated rings. The standard InChI is InChI=1S/C23H22FNO6/c1-13-20(23(27)31-5)17(22(26)25(13)16-8-6-15(24)7-9-16)10-14-11-18(28-2)21(30-4)19(12-14)29-3/h6-12H,1-5H3/b17-10-. The first-order chi connectivity index (χ1) is 14.9. The molecule has 8 heteroatoms. The third-order valence-electron chi connectivity index (χ3n) is 4.87. The first-order valence-electron chi connectivity index (χ1n) is 9.27.